The Bertz CT molecular complexity index is 749. The summed E-state index contributed by atoms with van der Waals surface area (Å²) >= 11 is 0. The van der Waals surface area contributed by atoms with Crippen LogP contribution in [-0.2, 0) is 4.79 Å². The molecule has 0 fully saturated rings. The van der Waals surface area contributed by atoms with Gasteiger partial charge in [-0.2, -0.15) is 0 Å². The zero-order valence-corrected chi connectivity index (χ0v) is 14.8. The maximum absolute atomic E-state index is 12.3. The summed E-state index contributed by atoms with van der Waals surface area (Å²) < 4.78 is 10.6. The van der Waals surface area contributed by atoms with Crippen LogP contribution in [0.15, 0.2) is 48.5 Å². The average molecular weight is 358 g/mol. The number of hydrogen-bond acceptors (Lipinski definition) is 5. The van der Waals surface area contributed by atoms with Crippen LogP contribution in [0.1, 0.15) is 31.4 Å². The standard InChI is InChI=1S/C19H22N2O5/c1-3-7-16(14-8-5-4-6-9-14)20-19(22)13-26-18-12-15(21(23)24)10-11-17(18)25-2/h4-6,8-12,16H,3,7,13H2,1-2H3,(H,20,22)/t16-/m0/s1. The predicted octanol–water partition coefficient (Wildman–Crippen LogP) is 3.64. The molecule has 0 radical (unpaired) electrons. The fraction of sp³-hybridized carbons (Fsp3) is 0.316. The van der Waals surface area contributed by atoms with E-state index in [2.05, 4.69) is 5.32 Å². The second-order valence-corrected chi connectivity index (χ2v) is 5.70. The number of nitrogens with zero attached hydrogens (tertiary/aromatic N) is 1. The van der Waals surface area contributed by atoms with Crippen LogP contribution in [0.4, 0.5) is 5.69 Å². The van der Waals surface area contributed by atoms with Crippen LogP contribution >= 0.6 is 0 Å². The lowest BCUT2D eigenvalue weighted by Gasteiger charge is -2.19. The van der Waals surface area contributed by atoms with Crippen molar-refractivity contribution < 1.29 is 19.2 Å². The van der Waals surface area contributed by atoms with E-state index in [0.717, 1.165) is 18.4 Å². The van der Waals surface area contributed by atoms with E-state index in [0.29, 0.717) is 5.75 Å². The van der Waals surface area contributed by atoms with Crippen molar-refractivity contribution >= 4 is 11.6 Å². The van der Waals surface area contributed by atoms with Crippen molar-refractivity contribution in [2.45, 2.75) is 25.8 Å². The van der Waals surface area contributed by atoms with Crippen molar-refractivity contribution in [2.24, 2.45) is 0 Å². The monoisotopic (exact) mass is 358 g/mol. The van der Waals surface area contributed by atoms with Gasteiger partial charge in [-0.3, -0.25) is 14.9 Å². The Labute approximate surface area is 152 Å². The smallest absolute Gasteiger partial charge is 0.273 e. The molecule has 1 N–H and O–H groups in total. The highest BCUT2D eigenvalue weighted by Gasteiger charge is 2.16. The van der Waals surface area contributed by atoms with Crippen LogP contribution < -0.4 is 14.8 Å². The molecule has 2 rings (SSSR count). The number of nitro groups is 1. The van der Waals surface area contributed by atoms with Gasteiger partial charge in [0.25, 0.3) is 11.6 Å². The topological polar surface area (TPSA) is 90.7 Å². The van der Waals surface area contributed by atoms with Gasteiger partial charge < -0.3 is 14.8 Å². The fourth-order valence-corrected chi connectivity index (χ4v) is 2.57. The van der Waals surface area contributed by atoms with Crippen LogP contribution in [-0.4, -0.2) is 24.5 Å². The molecule has 1 amide bonds. The third-order valence-electron chi connectivity index (χ3n) is 3.83. The van der Waals surface area contributed by atoms with E-state index in [-0.39, 0.29) is 30.0 Å². The Morgan fingerprint density at radius 3 is 2.54 bits per heavy atom. The Balaban J connectivity index is 2.03. The second-order valence-electron chi connectivity index (χ2n) is 5.70. The number of hydrogen-bond donors (Lipinski definition) is 1. The molecule has 2 aromatic rings. The number of amides is 1. The van der Waals surface area contributed by atoms with Gasteiger partial charge in [0.1, 0.15) is 0 Å². The highest BCUT2D eigenvalue weighted by Crippen LogP contribution is 2.31. The van der Waals surface area contributed by atoms with Gasteiger partial charge in [-0.15, -0.1) is 0 Å². The van der Waals surface area contributed by atoms with Crippen molar-refractivity contribution in [1.82, 2.24) is 5.32 Å². The number of carbonyl (C=O) groups is 1. The van der Waals surface area contributed by atoms with Crippen molar-refractivity contribution in [3.05, 3.63) is 64.2 Å². The molecule has 0 aliphatic rings. The minimum atomic E-state index is -0.529. The highest BCUT2D eigenvalue weighted by atomic mass is 16.6. The molecule has 7 heteroatoms. The Kier molecular flexibility index (Phi) is 6.96. The average Bonchev–Trinajstić information content (AvgIpc) is 2.66. The summed E-state index contributed by atoms with van der Waals surface area (Å²) in [7, 11) is 1.43. The minimum Gasteiger partial charge on any atom is -0.493 e. The van der Waals surface area contributed by atoms with Gasteiger partial charge in [0.2, 0.25) is 0 Å². The van der Waals surface area contributed by atoms with Gasteiger partial charge in [0.05, 0.1) is 24.1 Å². The molecule has 0 spiro atoms. The van der Waals surface area contributed by atoms with E-state index in [1.807, 2.05) is 37.3 Å². The third-order valence-corrected chi connectivity index (χ3v) is 3.83. The first-order chi connectivity index (χ1) is 12.5. The van der Waals surface area contributed by atoms with Crippen molar-refractivity contribution in [1.29, 1.82) is 0 Å². The molecule has 0 bridgehead atoms. The lowest BCUT2D eigenvalue weighted by molar-refractivity contribution is -0.385. The number of nitrogens with one attached hydrogen (secondary N) is 1. The van der Waals surface area contributed by atoms with E-state index >= 15 is 0 Å². The van der Waals surface area contributed by atoms with Crippen LogP contribution in [0.2, 0.25) is 0 Å². The molecular formula is C19H22N2O5. The maximum atomic E-state index is 12.3. The van der Waals surface area contributed by atoms with Crippen LogP contribution in [0.5, 0.6) is 11.5 Å². The molecule has 0 saturated heterocycles. The Morgan fingerprint density at radius 1 is 1.19 bits per heavy atom. The number of methoxy groups -OCH3 is 1. The number of carbonyl (C=O) groups excluding carboxylic acids is 1. The fourth-order valence-electron chi connectivity index (χ4n) is 2.57. The summed E-state index contributed by atoms with van der Waals surface area (Å²) in [6.07, 6.45) is 1.72. The predicted molar refractivity (Wildman–Crippen MR) is 97.4 cm³/mol. The molecule has 1 atom stereocenters. The normalized spacial score (nSPS) is 11.5. The second kappa shape index (κ2) is 9.41. The first kappa shape index (κ1) is 19.2. The number of nitro benzene ring substituents is 1. The van der Waals surface area contributed by atoms with Crippen molar-refractivity contribution in [2.75, 3.05) is 13.7 Å². The molecule has 0 aliphatic heterocycles. The zero-order valence-electron chi connectivity index (χ0n) is 14.8. The maximum Gasteiger partial charge on any atom is 0.273 e. The number of ether oxygens (including phenoxy) is 2. The van der Waals surface area contributed by atoms with Gasteiger partial charge in [-0.05, 0) is 18.1 Å². The summed E-state index contributed by atoms with van der Waals surface area (Å²) in [6, 6.07) is 13.6. The molecule has 26 heavy (non-hydrogen) atoms. The van der Waals surface area contributed by atoms with Crippen LogP contribution in [0.25, 0.3) is 0 Å². The van der Waals surface area contributed by atoms with Gasteiger partial charge in [-0.25, -0.2) is 0 Å². The number of rotatable bonds is 9. The Morgan fingerprint density at radius 2 is 1.92 bits per heavy atom. The van der Waals surface area contributed by atoms with Crippen LogP contribution in [0.3, 0.4) is 0 Å². The lowest BCUT2D eigenvalue weighted by Crippen LogP contribution is -2.32. The molecular weight excluding hydrogens is 336 g/mol. The molecule has 2 aromatic carbocycles. The SMILES string of the molecule is CCC[C@H](NC(=O)COc1cc([N+](=O)[O-])ccc1OC)c1ccccc1. The summed E-state index contributed by atoms with van der Waals surface area (Å²) in [5, 5.41) is 13.8. The van der Waals surface area contributed by atoms with Crippen LogP contribution in [0, 0.1) is 10.1 Å². The van der Waals surface area contributed by atoms with Gasteiger partial charge in [0, 0.05) is 6.07 Å². The van der Waals surface area contributed by atoms with E-state index in [9.17, 15) is 14.9 Å². The molecule has 0 unspecified atom stereocenters. The van der Waals surface area contributed by atoms with E-state index in [1.165, 1.54) is 25.3 Å². The largest absolute Gasteiger partial charge is 0.493 e. The van der Waals surface area contributed by atoms with E-state index in [4.69, 9.17) is 9.47 Å². The van der Waals surface area contributed by atoms with E-state index < -0.39 is 4.92 Å². The Hall–Kier alpha value is -3.09. The van der Waals surface area contributed by atoms with Gasteiger partial charge in [-0.1, -0.05) is 43.7 Å². The quantitative estimate of drug-likeness (QED) is 0.546. The third kappa shape index (κ3) is 5.20. The number of non-ortho nitro benzene ring substituents is 1. The van der Waals surface area contributed by atoms with Gasteiger partial charge >= 0.3 is 0 Å². The molecule has 0 saturated carbocycles. The lowest BCUT2D eigenvalue weighted by atomic mass is 10.0. The zero-order chi connectivity index (χ0) is 18.9. The summed E-state index contributed by atoms with van der Waals surface area (Å²) in [5.41, 5.74) is 0.894. The molecule has 7 nitrogen and oxygen atoms in total. The summed E-state index contributed by atoms with van der Waals surface area (Å²) in [6.45, 7) is 1.79. The summed E-state index contributed by atoms with van der Waals surface area (Å²) in [5.74, 6) is 0.182. The van der Waals surface area contributed by atoms with Gasteiger partial charge in [0.15, 0.2) is 18.1 Å². The minimum absolute atomic E-state index is 0.107. The molecule has 0 aromatic heterocycles. The first-order valence-corrected chi connectivity index (χ1v) is 8.34. The highest BCUT2D eigenvalue weighted by molar-refractivity contribution is 5.78. The molecule has 138 valence electrons. The molecule has 0 aliphatic carbocycles. The van der Waals surface area contributed by atoms with E-state index in [1.54, 1.807) is 0 Å². The first-order valence-electron chi connectivity index (χ1n) is 8.34. The molecule has 0 heterocycles. The number of benzene rings is 2. The van der Waals surface area contributed by atoms with Crippen molar-refractivity contribution in [3.63, 3.8) is 0 Å². The van der Waals surface area contributed by atoms with Crippen molar-refractivity contribution in [3.8, 4) is 11.5 Å². The summed E-state index contributed by atoms with van der Waals surface area (Å²) in [4.78, 5) is 22.6.